The minimum atomic E-state index is -0.183. The molecule has 37 heavy (non-hydrogen) atoms. The fourth-order valence-corrected chi connectivity index (χ4v) is 6.61. The van der Waals surface area contributed by atoms with Gasteiger partial charge in [-0.25, -0.2) is 0 Å². The van der Waals surface area contributed by atoms with E-state index in [0.29, 0.717) is 17.3 Å². The smallest absolute Gasteiger partial charge is 0.263 e. The summed E-state index contributed by atoms with van der Waals surface area (Å²) in [7, 11) is 1.55. The van der Waals surface area contributed by atoms with Gasteiger partial charge in [-0.2, -0.15) is 0 Å². The molecule has 1 saturated heterocycles. The van der Waals surface area contributed by atoms with E-state index in [0.717, 1.165) is 69.2 Å². The lowest BCUT2D eigenvalue weighted by atomic mass is 9.83. The number of likely N-dealkylation sites (tertiary alicyclic amines) is 1. The molecular weight excluding hydrogens is 484 g/mol. The summed E-state index contributed by atoms with van der Waals surface area (Å²) in [6.45, 7) is 8.07. The monoisotopic (exact) mass is 514 g/mol. The van der Waals surface area contributed by atoms with Crippen LogP contribution in [0, 0.1) is 0 Å². The average Bonchev–Trinajstić information content (AvgIpc) is 3.55. The van der Waals surface area contributed by atoms with Crippen LogP contribution in [0.15, 0.2) is 42.5 Å². The lowest BCUT2D eigenvalue weighted by molar-refractivity contribution is 0.0797. The highest BCUT2D eigenvalue weighted by molar-refractivity contribution is 7.14. The third-order valence-corrected chi connectivity index (χ3v) is 8.20. The summed E-state index contributed by atoms with van der Waals surface area (Å²) in [6, 6.07) is 11.4. The van der Waals surface area contributed by atoms with E-state index in [-0.39, 0.29) is 17.2 Å². The predicted molar refractivity (Wildman–Crippen MR) is 149 cm³/mol. The molecule has 0 atom stereocenters. The number of hydrogen-bond acceptors (Lipinski definition) is 6. The zero-order valence-electron chi connectivity index (χ0n) is 21.5. The van der Waals surface area contributed by atoms with Crippen LogP contribution >= 0.6 is 11.3 Å². The molecule has 3 aliphatic heterocycles. The number of amides is 1. The van der Waals surface area contributed by atoms with Gasteiger partial charge in [0.15, 0.2) is 11.5 Å². The lowest BCUT2D eigenvalue weighted by Crippen LogP contribution is -2.32. The second kappa shape index (κ2) is 8.70. The standard InChI is InChI=1S/C30H30N2O4S/c1-17-16-30(2,3)31-20-9-8-19-26(25(17)20)23(36-22-11-10-21(33)28(35-4)27(19)22)15-18-7-12-24(37-18)29(34)32-13-5-6-14-32/h7-12,15-16,31,33H,5-6,13-14H2,1-4H3/b23-15-. The molecule has 0 radical (unpaired) electrons. The van der Waals surface area contributed by atoms with Crippen LogP contribution in [0.1, 0.15) is 59.3 Å². The van der Waals surface area contributed by atoms with Gasteiger partial charge in [0.2, 0.25) is 0 Å². The molecule has 4 heterocycles. The van der Waals surface area contributed by atoms with Gasteiger partial charge < -0.3 is 24.8 Å². The molecule has 1 fully saturated rings. The number of rotatable bonds is 3. The Balaban J connectivity index is 1.52. The molecular formula is C30H30N2O4S. The number of nitrogens with one attached hydrogen (secondary N) is 1. The van der Waals surface area contributed by atoms with Crippen LogP contribution in [0.2, 0.25) is 0 Å². The van der Waals surface area contributed by atoms with Crippen molar-refractivity contribution in [1.29, 1.82) is 0 Å². The number of hydrogen-bond donors (Lipinski definition) is 2. The second-order valence-electron chi connectivity index (χ2n) is 10.4. The number of methoxy groups -OCH3 is 1. The van der Waals surface area contributed by atoms with E-state index in [1.54, 1.807) is 19.2 Å². The number of allylic oxidation sites excluding steroid dienone is 1. The third-order valence-electron chi connectivity index (χ3n) is 7.18. The fourth-order valence-electron chi connectivity index (χ4n) is 5.70. The van der Waals surface area contributed by atoms with Crippen molar-refractivity contribution in [1.82, 2.24) is 4.90 Å². The van der Waals surface area contributed by atoms with E-state index < -0.39 is 0 Å². The van der Waals surface area contributed by atoms with Crippen molar-refractivity contribution < 1.29 is 19.4 Å². The molecule has 6 rings (SSSR count). The maximum absolute atomic E-state index is 12.9. The van der Waals surface area contributed by atoms with E-state index >= 15 is 0 Å². The molecule has 3 aliphatic rings. The average molecular weight is 515 g/mol. The Hall–Kier alpha value is -3.71. The fraction of sp³-hybridized carbons (Fsp3) is 0.300. The number of thiophene rings is 1. The van der Waals surface area contributed by atoms with Crippen molar-refractivity contribution in [2.45, 2.75) is 39.2 Å². The van der Waals surface area contributed by atoms with Crippen LogP contribution in [0.3, 0.4) is 0 Å². The van der Waals surface area contributed by atoms with Gasteiger partial charge in [0.25, 0.3) is 5.91 Å². The molecule has 0 unspecified atom stereocenters. The molecule has 190 valence electrons. The van der Waals surface area contributed by atoms with Gasteiger partial charge in [-0.3, -0.25) is 4.79 Å². The van der Waals surface area contributed by atoms with E-state index in [1.165, 1.54) is 11.3 Å². The molecule has 0 bridgehead atoms. The molecule has 0 spiro atoms. The van der Waals surface area contributed by atoms with Crippen molar-refractivity contribution in [3.8, 4) is 28.4 Å². The first kappa shape index (κ1) is 23.7. The van der Waals surface area contributed by atoms with Gasteiger partial charge in [0.05, 0.1) is 23.1 Å². The predicted octanol–water partition coefficient (Wildman–Crippen LogP) is 6.86. The zero-order chi connectivity index (χ0) is 25.9. The summed E-state index contributed by atoms with van der Waals surface area (Å²) >= 11 is 1.48. The van der Waals surface area contributed by atoms with Gasteiger partial charge in [-0.15, -0.1) is 11.3 Å². The summed E-state index contributed by atoms with van der Waals surface area (Å²) in [6.07, 6.45) is 6.38. The number of anilines is 1. The number of nitrogens with zero attached hydrogens (tertiary/aromatic N) is 1. The number of phenols is 1. The molecule has 1 amide bonds. The van der Waals surface area contributed by atoms with Crippen LogP contribution in [-0.4, -0.2) is 41.7 Å². The van der Waals surface area contributed by atoms with Crippen LogP contribution in [0.25, 0.3) is 28.5 Å². The Morgan fingerprint density at radius 3 is 2.65 bits per heavy atom. The van der Waals surface area contributed by atoms with Crippen molar-refractivity contribution in [2.75, 3.05) is 25.5 Å². The molecule has 3 aromatic rings. The summed E-state index contributed by atoms with van der Waals surface area (Å²) in [5.74, 6) is 1.87. The highest BCUT2D eigenvalue weighted by atomic mass is 32.1. The maximum Gasteiger partial charge on any atom is 0.263 e. The summed E-state index contributed by atoms with van der Waals surface area (Å²) < 4.78 is 12.1. The number of phenolic OH excluding ortho intramolecular Hbond substituents is 1. The summed E-state index contributed by atoms with van der Waals surface area (Å²) in [5, 5.41) is 14.2. The number of carbonyl (C=O) groups excluding carboxylic acids is 1. The summed E-state index contributed by atoms with van der Waals surface area (Å²) in [4.78, 5) is 16.6. The van der Waals surface area contributed by atoms with Gasteiger partial charge in [-0.05, 0) is 75.6 Å². The number of carbonyl (C=O) groups is 1. The number of aromatic hydroxyl groups is 1. The molecule has 7 heteroatoms. The second-order valence-corrected chi connectivity index (χ2v) is 11.5. The quantitative estimate of drug-likeness (QED) is 0.399. The molecule has 6 nitrogen and oxygen atoms in total. The van der Waals surface area contributed by atoms with Crippen LogP contribution in [0.5, 0.6) is 17.2 Å². The van der Waals surface area contributed by atoms with Crippen molar-refractivity contribution in [3.63, 3.8) is 0 Å². The largest absolute Gasteiger partial charge is 0.504 e. The van der Waals surface area contributed by atoms with E-state index in [9.17, 15) is 9.90 Å². The normalized spacial score (nSPS) is 18.3. The number of benzene rings is 2. The molecule has 0 aliphatic carbocycles. The van der Waals surface area contributed by atoms with Crippen molar-refractivity contribution in [2.24, 2.45) is 0 Å². The van der Waals surface area contributed by atoms with E-state index in [2.05, 4.69) is 44.3 Å². The molecule has 0 saturated carbocycles. The zero-order valence-corrected chi connectivity index (χ0v) is 22.3. The first-order valence-electron chi connectivity index (χ1n) is 12.6. The first-order valence-corrected chi connectivity index (χ1v) is 13.4. The Kier molecular flexibility index (Phi) is 5.57. The lowest BCUT2D eigenvalue weighted by Gasteiger charge is -2.35. The maximum atomic E-state index is 12.9. The third kappa shape index (κ3) is 3.98. The highest BCUT2D eigenvalue weighted by Gasteiger charge is 2.33. The van der Waals surface area contributed by atoms with Crippen LogP contribution < -0.4 is 14.8 Å². The van der Waals surface area contributed by atoms with Crippen molar-refractivity contribution in [3.05, 3.63) is 63.4 Å². The number of ether oxygens (including phenoxy) is 2. The summed E-state index contributed by atoms with van der Waals surface area (Å²) in [5.41, 5.74) is 5.64. The Morgan fingerprint density at radius 2 is 1.89 bits per heavy atom. The Bertz CT molecular complexity index is 1490. The van der Waals surface area contributed by atoms with Gasteiger partial charge in [0.1, 0.15) is 11.5 Å². The minimum Gasteiger partial charge on any atom is -0.504 e. The SMILES string of the molecule is COc1c(O)ccc2c1-c1ccc3c(c1/C(=C/c1ccc(C(=O)N4CCCC4)s1)O2)C(C)=CC(C)(C)N3. The van der Waals surface area contributed by atoms with Gasteiger partial charge in [-0.1, -0.05) is 12.1 Å². The first-order chi connectivity index (χ1) is 17.8. The van der Waals surface area contributed by atoms with Crippen molar-refractivity contribution >= 4 is 40.3 Å². The van der Waals surface area contributed by atoms with Crippen LogP contribution in [0.4, 0.5) is 5.69 Å². The number of fused-ring (bicyclic) bond motifs is 5. The molecule has 1 aromatic heterocycles. The van der Waals surface area contributed by atoms with E-state index in [1.807, 2.05) is 23.1 Å². The van der Waals surface area contributed by atoms with Crippen LogP contribution in [-0.2, 0) is 0 Å². The highest BCUT2D eigenvalue weighted by Crippen LogP contribution is 2.54. The topological polar surface area (TPSA) is 71.0 Å². The molecule has 2 aromatic carbocycles. The van der Waals surface area contributed by atoms with E-state index in [4.69, 9.17) is 9.47 Å². The molecule has 2 N–H and O–H groups in total. The Labute approximate surface area is 220 Å². The minimum absolute atomic E-state index is 0.0656. The Morgan fingerprint density at radius 1 is 1.11 bits per heavy atom. The van der Waals surface area contributed by atoms with Gasteiger partial charge in [0, 0.05) is 40.3 Å². The van der Waals surface area contributed by atoms with Gasteiger partial charge >= 0.3 is 0 Å².